The Balaban J connectivity index is 1.37. The van der Waals surface area contributed by atoms with Gasteiger partial charge in [0.1, 0.15) is 0 Å². The van der Waals surface area contributed by atoms with E-state index >= 15 is 0 Å². The minimum absolute atomic E-state index is 0.168. The zero-order valence-electron chi connectivity index (χ0n) is 16.6. The van der Waals surface area contributed by atoms with E-state index in [-0.39, 0.29) is 5.91 Å². The number of aromatic nitrogens is 3. The maximum absolute atomic E-state index is 11.8. The lowest BCUT2D eigenvalue weighted by molar-refractivity contribution is -0.121. The second-order valence-corrected chi connectivity index (χ2v) is 7.55. The molecule has 2 N–H and O–H groups in total. The Morgan fingerprint density at radius 2 is 2.00 bits per heavy atom. The molecule has 6 nitrogen and oxygen atoms in total. The van der Waals surface area contributed by atoms with Gasteiger partial charge in [-0.1, -0.05) is 30.3 Å². The predicted molar refractivity (Wildman–Crippen MR) is 113 cm³/mol. The summed E-state index contributed by atoms with van der Waals surface area (Å²) >= 11 is 0. The van der Waals surface area contributed by atoms with Gasteiger partial charge in [0, 0.05) is 48.7 Å². The van der Waals surface area contributed by atoms with Crippen molar-refractivity contribution in [3.05, 3.63) is 72.2 Å². The standard InChI is InChI=1S/C23H27N5O/c29-22(26-21-10-11-21)9-5-13-25-15-20-17-28(16-18-6-2-1-3-7-18)27-23(20)19-8-4-12-24-14-19/h1-4,6-8,12,14,17,21,25H,5,9-11,13,15-16H2,(H,26,29). The number of amides is 1. The van der Waals surface area contributed by atoms with E-state index in [0.717, 1.165) is 49.2 Å². The highest BCUT2D eigenvalue weighted by Gasteiger charge is 2.22. The Labute approximate surface area is 171 Å². The van der Waals surface area contributed by atoms with Crippen molar-refractivity contribution in [3.63, 3.8) is 0 Å². The van der Waals surface area contributed by atoms with Crippen LogP contribution in [0.5, 0.6) is 0 Å². The van der Waals surface area contributed by atoms with Crippen LogP contribution in [-0.2, 0) is 17.9 Å². The van der Waals surface area contributed by atoms with Crippen LogP contribution in [0.15, 0.2) is 61.1 Å². The minimum atomic E-state index is 0.168. The predicted octanol–water partition coefficient (Wildman–Crippen LogP) is 3.14. The molecule has 6 heteroatoms. The minimum Gasteiger partial charge on any atom is -0.353 e. The van der Waals surface area contributed by atoms with Crippen molar-refractivity contribution >= 4 is 5.91 Å². The van der Waals surface area contributed by atoms with Gasteiger partial charge in [-0.15, -0.1) is 0 Å². The molecule has 0 bridgehead atoms. The van der Waals surface area contributed by atoms with Crippen LogP contribution in [0.4, 0.5) is 0 Å². The van der Waals surface area contributed by atoms with Gasteiger partial charge < -0.3 is 10.6 Å². The molecule has 3 aromatic rings. The van der Waals surface area contributed by atoms with Crippen molar-refractivity contribution in [1.82, 2.24) is 25.4 Å². The summed E-state index contributed by atoms with van der Waals surface area (Å²) in [4.78, 5) is 16.0. The molecule has 1 fully saturated rings. The lowest BCUT2D eigenvalue weighted by atomic mass is 10.1. The van der Waals surface area contributed by atoms with Gasteiger partial charge in [0.15, 0.2) is 0 Å². The zero-order valence-corrected chi connectivity index (χ0v) is 16.6. The van der Waals surface area contributed by atoms with Crippen LogP contribution in [0, 0.1) is 0 Å². The molecule has 0 spiro atoms. The molecule has 1 saturated carbocycles. The third-order valence-electron chi connectivity index (χ3n) is 4.98. The maximum atomic E-state index is 11.8. The summed E-state index contributed by atoms with van der Waals surface area (Å²) in [5.74, 6) is 0.168. The molecule has 1 amide bonds. The van der Waals surface area contributed by atoms with Crippen molar-refractivity contribution in [2.45, 2.75) is 44.8 Å². The number of nitrogens with zero attached hydrogens (tertiary/aromatic N) is 3. The Morgan fingerprint density at radius 1 is 1.14 bits per heavy atom. The van der Waals surface area contributed by atoms with Gasteiger partial charge in [0.05, 0.1) is 12.2 Å². The number of hydrogen-bond donors (Lipinski definition) is 2. The zero-order chi connectivity index (χ0) is 19.9. The fourth-order valence-corrected chi connectivity index (χ4v) is 3.31. The lowest BCUT2D eigenvalue weighted by Gasteiger charge is -2.06. The molecule has 2 heterocycles. The van der Waals surface area contributed by atoms with E-state index in [4.69, 9.17) is 5.10 Å². The first kappa shape index (κ1) is 19.3. The maximum Gasteiger partial charge on any atom is 0.220 e. The topological polar surface area (TPSA) is 71.8 Å². The number of rotatable bonds is 10. The number of nitrogens with one attached hydrogen (secondary N) is 2. The van der Waals surface area contributed by atoms with Gasteiger partial charge in [-0.05, 0) is 43.5 Å². The molecule has 0 saturated heterocycles. The van der Waals surface area contributed by atoms with Gasteiger partial charge >= 0.3 is 0 Å². The summed E-state index contributed by atoms with van der Waals surface area (Å²) in [5.41, 5.74) is 4.32. The van der Waals surface area contributed by atoms with Gasteiger partial charge in [-0.3, -0.25) is 14.5 Å². The SMILES string of the molecule is O=C(CCCNCc1cn(Cc2ccccc2)nc1-c1cccnc1)NC1CC1. The van der Waals surface area contributed by atoms with Gasteiger partial charge in [0.2, 0.25) is 5.91 Å². The Morgan fingerprint density at radius 3 is 2.76 bits per heavy atom. The van der Waals surface area contributed by atoms with E-state index in [2.05, 4.69) is 33.9 Å². The second-order valence-electron chi connectivity index (χ2n) is 7.55. The van der Waals surface area contributed by atoms with E-state index in [1.54, 1.807) is 6.20 Å². The Kier molecular flexibility index (Phi) is 6.32. The first-order chi connectivity index (χ1) is 14.3. The molecule has 0 aliphatic heterocycles. The molecule has 0 unspecified atom stereocenters. The molecule has 4 rings (SSSR count). The normalized spacial score (nSPS) is 13.4. The molecule has 1 aliphatic carbocycles. The van der Waals surface area contributed by atoms with Gasteiger partial charge in [0.25, 0.3) is 0 Å². The molecule has 2 aromatic heterocycles. The van der Waals surface area contributed by atoms with E-state index in [0.29, 0.717) is 19.0 Å². The van der Waals surface area contributed by atoms with Crippen LogP contribution in [-0.4, -0.2) is 33.3 Å². The third kappa shape index (κ3) is 5.74. The Bertz CT molecular complexity index is 919. The summed E-state index contributed by atoms with van der Waals surface area (Å²) in [6.45, 7) is 2.24. The average molecular weight is 390 g/mol. The summed E-state index contributed by atoms with van der Waals surface area (Å²) in [7, 11) is 0. The van der Waals surface area contributed by atoms with Crippen LogP contribution < -0.4 is 10.6 Å². The van der Waals surface area contributed by atoms with Crippen LogP contribution in [0.2, 0.25) is 0 Å². The highest BCUT2D eigenvalue weighted by Crippen LogP contribution is 2.22. The van der Waals surface area contributed by atoms with Gasteiger partial charge in [-0.2, -0.15) is 5.10 Å². The van der Waals surface area contributed by atoms with Crippen molar-refractivity contribution in [3.8, 4) is 11.3 Å². The number of pyridine rings is 1. The first-order valence-electron chi connectivity index (χ1n) is 10.3. The van der Waals surface area contributed by atoms with Crippen molar-refractivity contribution < 1.29 is 4.79 Å². The number of hydrogen-bond acceptors (Lipinski definition) is 4. The Hall–Kier alpha value is -2.99. The molecule has 0 radical (unpaired) electrons. The molecule has 1 aliphatic rings. The molecular formula is C23H27N5O. The summed E-state index contributed by atoms with van der Waals surface area (Å²) in [5, 5.41) is 11.3. The molecule has 29 heavy (non-hydrogen) atoms. The quantitative estimate of drug-likeness (QED) is 0.523. The largest absolute Gasteiger partial charge is 0.353 e. The van der Waals surface area contributed by atoms with E-state index in [9.17, 15) is 4.79 Å². The average Bonchev–Trinajstić information content (AvgIpc) is 3.47. The monoisotopic (exact) mass is 389 g/mol. The van der Waals surface area contributed by atoms with E-state index in [1.165, 1.54) is 5.56 Å². The highest BCUT2D eigenvalue weighted by molar-refractivity contribution is 5.76. The van der Waals surface area contributed by atoms with E-state index < -0.39 is 0 Å². The van der Waals surface area contributed by atoms with Crippen molar-refractivity contribution in [1.29, 1.82) is 0 Å². The number of carbonyl (C=O) groups excluding carboxylic acids is 1. The van der Waals surface area contributed by atoms with Crippen LogP contribution >= 0.6 is 0 Å². The first-order valence-corrected chi connectivity index (χ1v) is 10.3. The second kappa shape index (κ2) is 9.47. The number of carbonyl (C=O) groups is 1. The van der Waals surface area contributed by atoms with E-state index in [1.807, 2.05) is 41.2 Å². The van der Waals surface area contributed by atoms with Gasteiger partial charge in [-0.25, -0.2) is 0 Å². The van der Waals surface area contributed by atoms with Crippen LogP contribution in [0.1, 0.15) is 36.8 Å². The smallest absolute Gasteiger partial charge is 0.220 e. The summed E-state index contributed by atoms with van der Waals surface area (Å²) in [6, 6.07) is 14.7. The highest BCUT2D eigenvalue weighted by atomic mass is 16.1. The van der Waals surface area contributed by atoms with Crippen LogP contribution in [0.3, 0.4) is 0 Å². The van der Waals surface area contributed by atoms with Crippen molar-refractivity contribution in [2.75, 3.05) is 6.54 Å². The third-order valence-corrected chi connectivity index (χ3v) is 4.98. The molecule has 0 atom stereocenters. The lowest BCUT2D eigenvalue weighted by Crippen LogP contribution is -2.26. The fourth-order valence-electron chi connectivity index (χ4n) is 3.31. The molecule has 150 valence electrons. The van der Waals surface area contributed by atoms with Crippen LogP contribution in [0.25, 0.3) is 11.3 Å². The fraction of sp³-hybridized carbons (Fsp3) is 0.348. The number of benzene rings is 1. The summed E-state index contributed by atoms with van der Waals surface area (Å²) < 4.78 is 1.98. The van der Waals surface area contributed by atoms with Crippen molar-refractivity contribution in [2.24, 2.45) is 0 Å². The summed E-state index contributed by atoms with van der Waals surface area (Å²) in [6.07, 6.45) is 9.39. The molecule has 1 aromatic carbocycles. The molecular weight excluding hydrogens is 362 g/mol.